The molecule has 0 radical (unpaired) electrons. The van der Waals surface area contributed by atoms with Gasteiger partial charge in [0.1, 0.15) is 12.2 Å². The van der Waals surface area contributed by atoms with Gasteiger partial charge in [-0.3, -0.25) is 0 Å². The van der Waals surface area contributed by atoms with Crippen LogP contribution >= 0.6 is 0 Å². The summed E-state index contributed by atoms with van der Waals surface area (Å²) in [7, 11) is 0. The molecule has 0 aromatic heterocycles. The van der Waals surface area contributed by atoms with E-state index in [1.54, 1.807) is 0 Å². The lowest BCUT2D eigenvalue weighted by Crippen LogP contribution is -2.32. The maximum atomic E-state index is 11.9. The molecule has 152 valence electrons. The molecule has 6 heteroatoms. The van der Waals surface area contributed by atoms with E-state index in [1.807, 2.05) is 13.8 Å². The molecule has 0 aromatic rings. The Morgan fingerprint density at radius 1 is 0.962 bits per heavy atom. The molecule has 1 aliphatic rings. The second-order valence-corrected chi connectivity index (χ2v) is 7.58. The number of hydrogen-bond donors (Lipinski definition) is 0. The molecule has 0 heterocycles. The van der Waals surface area contributed by atoms with Crippen LogP contribution in [-0.2, 0) is 18.9 Å². The molecule has 1 saturated carbocycles. The van der Waals surface area contributed by atoms with Crippen molar-refractivity contribution in [3.63, 3.8) is 0 Å². The highest BCUT2D eigenvalue weighted by Gasteiger charge is 2.28. The van der Waals surface area contributed by atoms with E-state index >= 15 is 0 Å². The van der Waals surface area contributed by atoms with Crippen LogP contribution in [-0.4, -0.2) is 37.7 Å². The minimum atomic E-state index is -0.645. The lowest BCUT2D eigenvalue weighted by atomic mass is 9.95. The van der Waals surface area contributed by atoms with Crippen LogP contribution in [0.1, 0.15) is 79.1 Å². The van der Waals surface area contributed by atoms with Crippen molar-refractivity contribution in [1.29, 1.82) is 0 Å². The van der Waals surface area contributed by atoms with Crippen molar-refractivity contribution in [1.82, 2.24) is 0 Å². The maximum Gasteiger partial charge on any atom is 0.508 e. The summed E-state index contributed by atoms with van der Waals surface area (Å²) in [5.41, 5.74) is 0. The van der Waals surface area contributed by atoms with E-state index in [-0.39, 0.29) is 18.1 Å². The standard InChI is InChI=1S/C20H36O6/c1-5-7-9-16(6-2)14-24-20(22)26-18-11-8-10-17(12-18)25-19(21)23-13-15(3)4/h15-18H,5-14H2,1-4H3. The van der Waals surface area contributed by atoms with Crippen molar-refractivity contribution in [3.8, 4) is 0 Å². The fraction of sp³-hybridized carbons (Fsp3) is 0.900. The van der Waals surface area contributed by atoms with Crippen molar-refractivity contribution in [2.75, 3.05) is 13.2 Å². The molecule has 0 aromatic carbocycles. The van der Waals surface area contributed by atoms with E-state index in [4.69, 9.17) is 18.9 Å². The zero-order valence-corrected chi connectivity index (χ0v) is 16.8. The lowest BCUT2D eigenvalue weighted by Gasteiger charge is -2.28. The number of rotatable bonds is 10. The number of carbonyl (C=O) groups excluding carboxylic acids is 2. The van der Waals surface area contributed by atoms with Crippen LogP contribution in [0.15, 0.2) is 0 Å². The van der Waals surface area contributed by atoms with Crippen molar-refractivity contribution in [3.05, 3.63) is 0 Å². The topological polar surface area (TPSA) is 71.1 Å². The van der Waals surface area contributed by atoms with Crippen LogP contribution in [0.3, 0.4) is 0 Å². The van der Waals surface area contributed by atoms with E-state index in [9.17, 15) is 9.59 Å². The van der Waals surface area contributed by atoms with E-state index in [0.717, 1.165) is 44.9 Å². The highest BCUT2D eigenvalue weighted by Crippen LogP contribution is 2.24. The zero-order valence-electron chi connectivity index (χ0n) is 16.8. The van der Waals surface area contributed by atoms with Gasteiger partial charge in [-0.25, -0.2) is 9.59 Å². The molecule has 1 fully saturated rings. The summed E-state index contributed by atoms with van der Waals surface area (Å²) in [5, 5.41) is 0. The van der Waals surface area contributed by atoms with Gasteiger partial charge >= 0.3 is 12.3 Å². The van der Waals surface area contributed by atoms with Crippen molar-refractivity contribution in [2.24, 2.45) is 11.8 Å². The third kappa shape index (κ3) is 9.88. The van der Waals surface area contributed by atoms with E-state index in [1.165, 1.54) is 0 Å². The van der Waals surface area contributed by atoms with Gasteiger partial charge in [-0.15, -0.1) is 0 Å². The number of unbranched alkanes of at least 4 members (excludes halogenated alkanes) is 1. The minimum Gasteiger partial charge on any atom is -0.434 e. The number of hydrogen-bond acceptors (Lipinski definition) is 6. The third-order valence-electron chi connectivity index (χ3n) is 4.62. The highest BCUT2D eigenvalue weighted by molar-refractivity contribution is 5.60. The molecule has 1 aliphatic carbocycles. The van der Waals surface area contributed by atoms with Crippen molar-refractivity contribution in [2.45, 2.75) is 91.3 Å². The second kappa shape index (κ2) is 12.8. The van der Waals surface area contributed by atoms with E-state index in [2.05, 4.69) is 13.8 Å². The fourth-order valence-corrected chi connectivity index (χ4v) is 2.98. The van der Waals surface area contributed by atoms with E-state index < -0.39 is 12.3 Å². The predicted molar refractivity (Wildman–Crippen MR) is 99.1 cm³/mol. The molecular formula is C20H36O6. The average molecular weight is 373 g/mol. The summed E-state index contributed by atoms with van der Waals surface area (Å²) in [5.74, 6) is 0.657. The molecule has 0 N–H and O–H groups in total. The molecule has 26 heavy (non-hydrogen) atoms. The first-order valence-electron chi connectivity index (χ1n) is 10.1. The maximum absolute atomic E-state index is 11.9. The Balaban J connectivity index is 2.29. The summed E-state index contributed by atoms with van der Waals surface area (Å²) in [6.45, 7) is 8.94. The van der Waals surface area contributed by atoms with Crippen LogP contribution in [0.25, 0.3) is 0 Å². The Bertz CT molecular complexity index is 409. The van der Waals surface area contributed by atoms with Crippen LogP contribution in [0.4, 0.5) is 9.59 Å². The van der Waals surface area contributed by atoms with Gasteiger partial charge in [0.15, 0.2) is 0 Å². The molecule has 3 unspecified atom stereocenters. The zero-order chi connectivity index (χ0) is 19.4. The van der Waals surface area contributed by atoms with Gasteiger partial charge < -0.3 is 18.9 Å². The second-order valence-electron chi connectivity index (χ2n) is 7.58. The smallest absolute Gasteiger partial charge is 0.434 e. The number of ether oxygens (including phenoxy) is 4. The van der Waals surface area contributed by atoms with Gasteiger partial charge in [0.2, 0.25) is 0 Å². The molecule has 0 bridgehead atoms. The highest BCUT2D eigenvalue weighted by atomic mass is 16.7. The monoisotopic (exact) mass is 372 g/mol. The largest absolute Gasteiger partial charge is 0.508 e. The molecule has 0 saturated heterocycles. The Morgan fingerprint density at radius 2 is 1.54 bits per heavy atom. The first-order chi connectivity index (χ1) is 12.4. The molecule has 6 nitrogen and oxygen atoms in total. The summed E-state index contributed by atoms with van der Waals surface area (Å²) in [6.07, 6.45) is 5.42. The van der Waals surface area contributed by atoms with Gasteiger partial charge in [0, 0.05) is 6.42 Å². The first-order valence-corrected chi connectivity index (χ1v) is 10.1. The summed E-state index contributed by atoms with van der Waals surface area (Å²) >= 11 is 0. The minimum absolute atomic E-state index is 0.268. The Kier molecular flexibility index (Phi) is 11.1. The Hall–Kier alpha value is -1.46. The Labute approximate surface area is 157 Å². The normalized spacial score (nSPS) is 21.1. The molecule has 0 aliphatic heterocycles. The van der Waals surface area contributed by atoms with E-state index in [0.29, 0.717) is 25.6 Å². The van der Waals surface area contributed by atoms with Crippen LogP contribution in [0.5, 0.6) is 0 Å². The summed E-state index contributed by atoms with van der Waals surface area (Å²) in [6, 6.07) is 0. The molecule has 3 atom stereocenters. The van der Waals surface area contributed by atoms with Gasteiger partial charge in [0.05, 0.1) is 13.2 Å². The number of carbonyl (C=O) groups is 2. The summed E-state index contributed by atoms with van der Waals surface area (Å²) < 4.78 is 21.0. The SMILES string of the molecule is CCCCC(CC)COC(=O)OC1CCCC(OC(=O)OCC(C)C)C1. The van der Waals surface area contributed by atoms with Gasteiger partial charge in [0.25, 0.3) is 0 Å². The lowest BCUT2D eigenvalue weighted by molar-refractivity contribution is -0.0387. The molecule has 1 rings (SSSR count). The van der Waals surface area contributed by atoms with Gasteiger partial charge in [-0.05, 0) is 37.5 Å². The van der Waals surface area contributed by atoms with Crippen LogP contribution in [0.2, 0.25) is 0 Å². The Morgan fingerprint density at radius 3 is 2.04 bits per heavy atom. The van der Waals surface area contributed by atoms with Crippen LogP contribution < -0.4 is 0 Å². The molecular weight excluding hydrogens is 336 g/mol. The molecule has 0 amide bonds. The van der Waals surface area contributed by atoms with Crippen molar-refractivity contribution < 1.29 is 28.5 Å². The predicted octanol–water partition coefficient (Wildman–Crippen LogP) is 5.48. The van der Waals surface area contributed by atoms with Crippen LogP contribution in [0, 0.1) is 11.8 Å². The van der Waals surface area contributed by atoms with Crippen molar-refractivity contribution >= 4 is 12.3 Å². The quantitative estimate of drug-likeness (QED) is 0.473. The average Bonchev–Trinajstić information content (AvgIpc) is 2.60. The van der Waals surface area contributed by atoms with Gasteiger partial charge in [-0.1, -0.05) is 47.0 Å². The molecule has 0 spiro atoms. The third-order valence-corrected chi connectivity index (χ3v) is 4.62. The first kappa shape index (κ1) is 22.6. The fourth-order valence-electron chi connectivity index (χ4n) is 2.98. The van der Waals surface area contributed by atoms with Gasteiger partial charge in [-0.2, -0.15) is 0 Å². The summed E-state index contributed by atoms with van der Waals surface area (Å²) in [4.78, 5) is 23.6.